The number of amides is 1. The molecule has 1 rings (SSSR count). The van der Waals surface area contributed by atoms with Crippen LogP contribution in [-0.2, 0) is 4.79 Å². The summed E-state index contributed by atoms with van der Waals surface area (Å²) in [6, 6.07) is 7.76. The van der Waals surface area contributed by atoms with Crippen molar-refractivity contribution in [3.05, 3.63) is 29.8 Å². The molecule has 0 radical (unpaired) electrons. The Labute approximate surface area is 114 Å². The molecule has 0 saturated carbocycles. The van der Waals surface area contributed by atoms with E-state index < -0.39 is 0 Å². The first-order chi connectivity index (χ1) is 8.54. The molecule has 0 bridgehead atoms. The Morgan fingerprint density at radius 3 is 2.56 bits per heavy atom. The smallest absolute Gasteiger partial charge is 0.222 e. The van der Waals surface area contributed by atoms with Gasteiger partial charge in [0, 0.05) is 31.5 Å². The van der Waals surface area contributed by atoms with E-state index in [0.29, 0.717) is 6.42 Å². The quantitative estimate of drug-likeness (QED) is 0.805. The number of carbonyl (C=O) groups excluding carboxylic acids is 1. The molecular formula is C14H22N2OS. The predicted octanol–water partition coefficient (Wildman–Crippen LogP) is 2.58. The van der Waals surface area contributed by atoms with Gasteiger partial charge in [-0.2, -0.15) is 11.8 Å². The van der Waals surface area contributed by atoms with Crippen molar-refractivity contribution in [2.75, 3.05) is 31.3 Å². The maximum absolute atomic E-state index is 12.0. The van der Waals surface area contributed by atoms with E-state index in [2.05, 4.69) is 13.2 Å². The summed E-state index contributed by atoms with van der Waals surface area (Å²) in [6.45, 7) is 2.89. The van der Waals surface area contributed by atoms with Gasteiger partial charge in [0.15, 0.2) is 0 Å². The zero-order valence-electron chi connectivity index (χ0n) is 11.3. The molecule has 1 aromatic rings. The second kappa shape index (κ2) is 7.31. The van der Waals surface area contributed by atoms with Crippen LogP contribution in [-0.4, -0.2) is 36.4 Å². The highest BCUT2D eigenvalue weighted by Gasteiger charge is 2.14. The molecule has 0 spiro atoms. The molecule has 0 fully saturated rings. The fraction of sp³-hybridized carbons (Fsp3) is 0.500. The van der Waals surface area contributed by atoms with E-state index in [0.717, 1.165) is 23.5 Å². The van der Waals surface area contributed by atoms with Crippen LogP contribution in [0.3, 0.4) is 0 Å². The molecule has 3 nitrogen and oxygen atoms in total. The van der Waals surface area contributed by atoms with Crippen LogP contribution in [0.1, 0.15) is 24.8 Å². The van der Waals surface area contributed by atoms with Crippen LogP contribution in [0, 0.1) is 0 Å². The lowest BCUT2D eigenvalue weighted by Gasteiger charge is -2.19. The SMILES string of the molecule is CSCCN(C)C(=O)CC(C)c1ccc(N)cc1. The summed E-state index contributed by atoms with van der Waals surface area (Å²) in [7, 11) is 1.87. The van der Waals surface area contributed by atoms with Crippen LogP contribution >= 0.6 is 11.8 Å². The monoisotopic (exact) mass is 266 g/mol. The van der Waals surface area contributed by atoms with Crippen molar-refractivity contribution in [1.82, 2.24) is 4.90 Å². The Balaban J connectivity index is 2.51. The lowest BCUT2D eigenvalue weighted by molar-refractivity contribution is -0.129. The van der Waals surface area contributed by atoms with E-state index in [1.807, 2.05) is 36.2 Å². The Morgan fingerprint density at radius 2 is 2.00 bits per heavy atom. The van der Waals surface area contributed by atoms with E-state index >= 15 is 0 Å². The minimum Gasteiger partial charge on any atom is -0.399 e. The molecule has 0 saturated heterocycles. The molecule has 18 heavy (non-hydrogen) atoms. The van der Waals surface area contributed by atoms with E-state index in [1.165, 1.54) is 0 Å². The first-order valence-corrected chi connectivity index (χ1v) is 7.52. The summed E-state index contributed by atoms with van der Waals surface area (Å²) < 4.78 is 0. The zero-order chi connectivity index (χ0) is 13.5. The normalized spacial score (nSPS) is 12.2. The van der Waals surface area contributed by atoms with Gasteiger partial charge in [-0.15, -0.1) is 0 Å². The van der Waals surface area contributed by atoms with Crippen molar-refractivity contribution in [3.8, 4) is 0 Å². The van der Waals surface area contributed by atoms with Gasteiger partial charge in [0.1, 0.15) is 0 Å². The molecule has 100 valence electrons. The van der Waals surface area contributed by atoms with Crippen LogP contribution in [0.2, 0.25) is 0 Å². The fourth-order valence-electron chi connectivity index (χ4n) is 1.71. The van der Waals surface area contributed by atoms with Gasteiger partial charge in [-0.05, 0) is 29.9 Å². The molecule has 4 heteroatoms. The molecule has 0 aromatic heterocycles. The van der Waals surface area contributed by atoms with E-state index in [4.69, 9.17) is 5.73 Å². The molecule has 1 atom stereocenters. The number of thioether (sulfide) groups is 1. The maximum Gasteiger partial charge on any atom is 0.222 e. The highest BCUT2D eigenvalue weighted by Crippen LogP contribution is 2.20. The third-order valence-electron chi connectivity index (χ3n) is 3.04. The summed E-state index contributed by atoms with van der Waals surface area (Å²) in [5, 5.41) is 0. The van der Waals surface area contributed by atoms with Gasteiger partial charge in [0.2, 0.25) is 5.91 Å². The summed E-state index contributed by atoms with van der Waals surface area (Å²) >= 11 is 1.76. The Hall–Kier alpha value is -1.16. The Bertz CT molecular complexity index is 378. The second-order valence-electron chi connectivity index (χ2n) is 4.58. The van der Waals surface area contributed by atoms with Gasteiger partial charge in [-0.1, -0.05) is 19.1 Å². The molecule has 0 aliphatic heterocycles. The number of carbonyl (C=O) groups is 1. The molecule has 0 aliphatic carbocycles. The van der Waals surface area contributed by atoms with Crippen molar-refractivity contribution in [2.24, 2.45) is 0 Å². The number of nitrogens with zero attached hydrogens (tertiary/aromatic N) is 1. The minimum atomic E-state index is 0.202. The number of benzene rings is 1. The molecular weight excluding hydrogens is 244 g/mol. The molecule has 2 N–H and O–H groups in total. The average Bonchev–Trinajstić information content (AvgIpc) is 2.36. The van der Waals surface area contributed by atoms with Gasteiger partial charge in [-0.3, -0.25) is 4.79 Å². The molecule has 0 aliphatic rings. The number of rotatable bonds is 6. The fourth-order valence-corrected chi connectivity index (χ4v) is 2.17. The summed E-state index contributed by atoms with van der Waals surface area (Å²) in [5.74, 6) is 1.42. The average molecular weight is 266 g/mol. The Morgan fingerprint density at radius 1 is 1.39 bits per heavy atom. The molecule has 1 unspecified atom stereocenters. The van der Waals surface area contributed by atoms with Crippen LogP contribution in [0.4, 0.5) is 5.69 Å². The molecule has 0 heterocycles. The number of nitrogen functional groups attached to an aromatic ring is 1. The topological polar surface area (TPSA) is 46.3 Å². The Kier molecular flexibility index (Phi) is 6.05. The van der Waals surface area contributed by atoms with Crippen LogP contribution in [0.15, 0.2) is 24.3 Å². The third-order valence-corrected chi connectivity index (χ3v) is 3.63. The number of hydrogen-bond acceptors (Lipinski definition) is 3. The first kappa shape index (κ1) is 14.9. The summed E-state index contributed by atoms with van der Waals surface area (Å²) in [4.78, 5) is 13.8. The van der Waals surface area contributed by atoms with Gasteiger partial charge in [0.05, 0.1) is 0 Å². The largest absolute Gasteiger partial charge is 0.399 e. The molecule has 1 amide bonds. The van der Waals surface area contributed by atoms with Crippen LogP contribution in [0.25, 0.3) is 0 Å². The highest BCUT2D eigenvalue weighted by atomic mass is 32.2. The predicted molar refractivity (Wildman–Crippen MR) is 79.9 cm³/mol. The van der Waals surface area contributed by atoms with Crippen LogP contribution < -0.4 is 5.73 Å². The van der Waals surface area contributed by atoms with Crippen molar-refractivity contribution in [3.63, 3.8) is 0 Å². The summed E-state index contributed by atoms with van der Waals surface area (Å²) in [5.41, 5.74) is 7.58. The van der Waals surface area contributed by atoms with Crippen molar-refractivity contribution >= 4 is 23.4 Å². The summed E-state index contributed by atoms with van der Waals surface area (Å²) in [6.07, 6.45) is 2.60. The standard InChI is InChI=1S/C14H22N2OS/c1-11(12-4-6-13(15)7-5-12)10-14(17)16(2)8-9-18-3/h4-7,11H,8-10,15H2,1-3H3. The number of anilines is 1. The van der Waals surface area contributed by atoms with E-state index in [9.17, 15) is 4.79 Å². The van der Waals surface area contributed by atoms with Gasteiger partial charge in [-0.25, -0.2) is 0 Å². The van der Waals surface area contributed by atoms with Crippen molar-refractivity contribution < 1.29 is 4.79 Å². The van der Waals surface area contributed by atoms with Gasteiger partial charge >= 0.3 is 0 Å². The third kappa shape index (κ3) is 4.61. The van der Waals surface area contributed by atoms with Crippen LogP contribution in [0.5, 0.6) is 0 Å². The van der Waals surface area contributed by atoms with E-state index in [1.54, 1.807) is 11.8 Å². The van der Waals surface area contributed by atoms with Gasteiger partial charge in [0.25, 0.3) is 0 Å². The van der Waals surface area contributed by atoms with Gasteiger partial charge < -0.3 is 10.6 Å². The van der Waals surface area contributed by atoms with Crippen molar-refractivity contribution in [2.45, 2.75) is 19.3 Å². The number of nitrogens with two attached hydrogens (primary N) is 1. The highest BCUT2D eigenvalue weighted by molar-refractivity contribution is 7.98. The lowest BCUT2D eigenvalue weighted by atomic mass is 9.97. The molecule has 1 aromatic carbocycles. The second-order valence-corrected chi connectivity index (χ2v) is 5.57. The maximum atomic E-state index is 12.0. The van der Waals surface area contributed by atoms with E-state index in [-0.39, 0.29) is 11.8 Å². The minimum absolute atomic E-state index is 0.202. The number of hydrogen-bond donors (Lipinski definition) is 1. The van der Waals surface area contributed by atoms with Crippen molar-refractivity contribution in [1.29, 1.82) is 0 Å². The zero-order valence-corrected chi connectivity index (χ0v) is 12.2. The first-order valence-electron chi connectivity index (χ1n) is 6.13. The lowest BCUT2D eigenvalue weighted by Crippen LogP contribution is -2.29.